The van der Waals surface area contributed by atoms with Crippen molar-refractivity contribution in [1.29, 1.82) is 0 Å². The Labute approximate surface area is 42.5 Å². The number of hydrogen-bond donors (Lipinski definition) is 1. The quantitative estimate of drug-likeness (QED) is 0.381. The average molecular weight is 125 g/mol. The number of nitrogens with zero attached hydrogens (tertiary/aromatic N) is 1. The van der Waals surface area contributed by atoms with Crippen LogP contribution in [-0.2, 0) is 23.7 Å². The van der Waals surface area contributed by atoms with Gasteiger partial charge < -0.3 is 4.55 Å². The van der Waals surface area contributed by atoms with Crippen LogP contribution in [0.25, 0.3) is 0 Å². The van der Waals surface area contributed by atoms with Crippen molar-refractivity contribution in [3.8, 4) is 0 Å². The molecular weight excluding hydrogens is 124 g/mol. The highest BCUT2D eigenvalue weighted by molar-refractivity contribution is 7.77. The normalized spacial score (nSPS) is 12.8. The molecule has 0 spiro atoms. The predicted molar refractivity (Wildman–Crippen MR) is 21.8 cm³/mol. The maximum atomic E-state index is 9.33. The zero-order valence-electron chi connectivity index (χ0n) is 2.58. The minimum atomic E-state index is -2.34. The van der Waals surface area contributed by atoms with Crippen LogP contribution in [0.4, 0.5) is 0 Å². The zero-order valence-corrected chi connectivity index (χ0v) is 4.21. The summed E-state index contributed by atoms with van der Waals surface area (Å²) in [7, 11) is 0. The fourth-order valence-electron chi connectivity index (χ4n) is 0.0304. The van der Waals surface area contributed by atoms with Gasteiger partial charge in [-0.15, -0.1) is 0 Å². The van der Waals surface area contributed by atoms with E-state index in [2.05, 4.69) is 16.9 Å². The van der Waals surface area contributed by atoms with Crippen molar-refractivity contribution in [3.05, 3.63) is 0 Å². The molecule has 0 radical (unpaired) electrons. The van der Waals surface area contributed by atoms with Gasteiger partial charge >= 0.3 is 0 Å². The van der Waals surface area contributed by atoms with E-state index in [1.165, 1.54) is 0 Å². The van der Waals surface area contributed by atoms with Crippen LogP contribution < -0.4 is 4.83 Å². The summed E-state index contributed by atoms with van der Waals surface area (Å²) in [5.41, 5.74) is 0. The molecule has 0 aliphatic carbocycles. The lowest BCUT2D eigenvalue weighted by atomic mass is 13.0. The Kier molecular flexibility index (Phi) is 3.10. The summed E-state index contributed by atoms with van der Waals surface area (Å²) < 4.78 is 21.3. The Bertz CT molecular complexity index is 69.9. The Morgan fingerprint density at radius 3 is 2.50 bits per heavy atom. The second kappa shape index (κ2) is 3.13. The van der Waals surface area contributed by atoms with E-state index < -0.39 is 11.3 Å². The average Bonchev–Trinajstić information content (AvgIpc) is 1.35. The highest BCUT2D eigenvalue weighted by atomic mass is 32.2. The maximum absolute atomic E-state index is 9.33. The predicted octanol–water partition coefficient (Wildman–Crippen LogP) is -0.984. The zero-order chi connectivity index (χ0) is 4.99. The second-order valence-corrected chi connectivity index (χ2v) is 1.25. The van der Waals surface area contributed by atoms with E-state index in [0.29, 0.717) is 0 Å². The lowest BCUT2D eigenvalue weighted by Crippen LogP contribution is -2.06. The smallest absolute Gasteiger partial charge is 0.0636 e. The number of rotatable bonds is 2. The lowest BCUT2D eigenvalue weighted by molar-refractivity contribution is 0.526. The Morgan fingerprint density at radius 2 is 2.50 bits per heavy atom. The van der Waals surface area contributed by atoms with E-state index in [9.17, 15) is 8.76 Å². The molecule has 0 heterocycles. The van der Waals surface area contributed by atoms with E-state index in [1.54, 1.807) is 4.83 Å². The van der Waals surface area contributed by atoms with Gasteiger partial charge in [0, 0.05) is 0 Å². The molecule has 0 aliphatic heterocycles. The van der Waals surface area contributed by atoms with E-state index in [4.69, 9.17) is 0 Å². The molecular formula is HN2O2S2-. The van der Waals surface area contributed by atoms with E-state index in [0.717, 1.165) is 0 Å². The van der Waals surface area contributed by atoms with Crippen LogP contribution >= 0.6 is 0 Å². The summed E-state index contributed by atoms with van der Waals surface area (Å²) in [4.78, 5) is 1.56. The lowest BCUT2D eigenvalue weighted by Gasteiger charge is -1.96. The van der Waals surface area contributed by atoms with Crippen molar-refractivity contribution in [1.82, 2.24) is 4.83 Å². The summed E-state index contributed by atoms with van der Waals surface area (Å²) in [5.74, 6) is 0. The molecule has 1 atom stereocenters. The number of hydrogen-bond acceptors (Lipinski definition) is 4. The van der Waals surface area contributed by atoms with Crippen LogP contribution in [0, 0.1) is 0 Å². The molecule has 0 fully saturated rings. The first-order chi connectivity index (χ1) is 2.77. The van der Waals surface area contributed by atoms with Gasteiger partial charge in [0.05, 0.1) is 23.7 Å². The van der Waals surface area contributed by atoms with Crippen LogP contribution in [0.1, 0.15) is 0 Å². The molecule has 0 aromatic carbocycles. The fourth-order valence-corrected chi connectivity index (χ4v) is 0.274. The van der Waals surface area contributed by atoms with Crippen LogP contribution in [0.2, 0.25) is 0 Å². The van der Waals surface area contributed by atoms with Crippen molar-refractivity contribution < 1.29 is 8.76 Å². The van der Waals surface area contributed by atoms with Gasteiger partial charge in [-0.1, -0.05) is 4.47 Å². The van der Waals surface area contributed by atoms with Gasteiger partial charge in [0.25, 0.3) is 0 Å². The first kappa shape index (κ1) is 5.93. The van der Waals surface area contributed by atoms with Crippen molar-refractivity contribution in [2.45, 2.75) is 0 Å². The van der Waals surface area contributed by atoms with Gasteiger partial charge in [-0.3, -0.25) is 4.21 Å². The molecule has 6 heavy (non-hydrogen) atoms. The van der Waals surface area contributed by atoms with E-state index in [-0.39, 0.29) is 0 Å². The molecule has 0 aliphatic rings. The van der Waals surface area contributed by atoms with Crippen LogP contribution in [0.3, 0.4) is 0 Å². The maximum Gasteiger partial charge on any atom is 0.0636 e. The van der Waals surface area contributed by atoms with Crippen molar-refractivity contribution in [2.75, 3.05) is 0 Å². The highest BCUT2D eigenvalue weighted by Gasteiger charge is 1.63. The first-order valence-electron chi connectivity index (χ1n) is 0.944. The van der Waals surface area contributed by atoms with Gasteiger partial charge in [-0.25, -0.2) is 4.83 Å². The molecule has 0 aromatic rings. The Hall–Kier alpha value is -0.0700. The third-order valence-corrected chi connectivity index (χ3v) is 0.559. The molecule has 1 unspecified atom stereocenters. The monoisotopic (exact) mass is 125 g/mol. The largest absolute Gasteiger partial charge is 0.754 e. The molecule has 0 bridgehead atoms. The fraction of sp³-hybridized carbons (Fsp3) is 0. The SMILES string of the molecule is O=S([O-])NN=S. The van der Waals surface area contributed by atoms with Gasteiger partial charge in [0.2, 0.25) is 0 Å². The number of nitrogens with one attached hydrogen (secondary N) is 1. The molecule has 36 valence electrons. The van der Waals surface area contributed by atoms with Crippen molar-refractivity contribution in [2.24, 2.45) is 4.47 Å². The Balaban J connectivity index is 3.05. The molecule has 0 aromatic heterocycles. The van der Waals surface area contributed by atoms with Gasteiger partial charge in [0.15, 0.2) is 0 Å². The van der Waals surface area contributed by atoms with E-state index in [1.807, 2.05) is 0 Å². The molecule has 0 saturated heterocycles. The molecule has 4 nitrogen and oxygen atoms in total. The van der Waals surface area contributed by atoms with Gasteiger partial charge in [-0.05, 0) is 0 Å². The highest BCUT2D eigenvalue weighted by Crippen LogP contribution is 1.56. The van der Waals surface area contributed by atoms with Crippen molar-refractivity contribution >= 4 is 23.7 Å². The third kappa shape index (κ3) is 3.93. The summed E-state index contributed by atoms with van der Waals surface area (Å²) in [6, 6.07) is 0. The minimum absolute atomic E-state index is 1.56. The van der Waals surface area contributed by atoms with Gasteiger partial charge in [0.1, 0.15) is 0 Å². The summed E-state index contributed by atoms with van der Waals surface area (Å²) in [6.07, 6.45) is 0. The Morgan fingerprint density at radius 1 is 2.00 bits per heavy atom. The molecule has 6 heteroatoms. The standard InChI is InChI=1S/H2N2O2S2/c3-6(4)2-1-5/h(H,2,5)(H,3,4)/p-1. The second-order valence-electron chi connectivity index (χ2n) is 0.417. The molecule has 0 amide bonds. The third-order valence-electron chi connectivity index (χ3n) is 0.112. The minimum Gasteiger partial charge on any atom is -0.754 e. The van der Waals surface area contributed by atoms with Crippen LogP contribution in [-0.4, -0.2) is 8.76 Å². The first-order valence-corrected chi connectivity index (χ1v) is 2.38. The van der Waals surface area contributed by atoms with Crippen molar-refractivity contribution in [3.63, 3.8) is 0 Å². The van der Waals surface area contributed by atoms with Crippen LogP contribution in [0.15, 0.2) is 4.47 Å². The topological polar surface area (TPSA) is 64.5 Å². The molecule has 1 N–H and O–H groups in total. The van der Waals surface area contributed by atoms with Gasteiger partial charge in [-0.2, -0.15) is 0 Å². The summed E-state index contributed by atoms with van der Waals surface area (Å²) >= 11 is 1.51. The molecule has 0 rings (SSSR count). The van der Waals surface area contributed by atoms with E-state index >= 15 is 0 Å². The summed E-state index contributed by atoms with van der Waals surface area (Å²) in [5, 5.41) is 0. The molecule has 0 saturated carbocycles. The van der Waals surface area contributed by atoms with Crippen LogP contribution in [0.5, 0.6) is 0 Å². The summed E-state index contributed by atoms with van der Waals surface area (Å²) in [6.45, 7) is 0.